The maximum absolute atomic E-state index is 12.9. The molecular formula is C22H41N3O7. The summed E-state index contributed by atoms with van der Waals surface area (Å²) >= 11 is 0. The second kappa shape index (κ2) is 15.8. The minimum atomic E-state index is -0.915. The van der Waals surface area contributed by atoms with Gasteiger partial charge in [-0.2, -0.15) is 5.48 Å². The van der Waals surface area contributed by atoms with E-state index in [1.54, 1.807) is 11.8 Å². The third-order valence-electron chi connectivity index (χ3n) is 5.53. The second-order valence-corrected chi connectivity index (χ2v) is 7.89. The first-order chi connectivity index (χ1) is 15.4. The lowest BCUT2D eigenvalue weighted by atomic mass is 9.85. The Morgan fingerprint density at radius 3 is 2.19 bits per heavy atom. The van der Waals surface area contributed by atoms with Crippen molar-refractivity contribution in [1.82, 2.24) is 15.7 Å². The molecule has 186 valence electrons. The molecule has 1 fully saturated rings. The number of hydrogen-bond donors (Lipinski definition) is 2. The number of carbonyl (C=O) groups is 3. The molecule has 1 aliphatic rings. The smallest absolute Gasteiger partial charge is 0.431 e. The highest BCUT2D eigenvalue weighted by Gasteiger charge is 2.30. The standard InChI is InChI=1S/C22H41N3O7/c1-6-25(15-19(30-7-2)31-8-3)21(27)16(4)23-20(26)18(32-24-22(28)29-5)14-17-12-10-9-11-13-17/h16-19H,6-15H2,1-5H3,(H,23,26)(H,24,28)/t16-,18+/m0/s1. The number of methoxy groups -OCH3 is 1. The third-order valence-corrected chi connectivity index (χ3v) is 5.53. The highest BCUT2D eigenvalue weighted by molar-refractivity contribution is 5.89. The Bertz CT molecular complexity index is 564. The zero-order valence-electron chi connectivity index (χ0n) is 20.2. The van der Waals surface area contributed by atoms with Crippen LogP contribution in [0.3, 0.4) is 0 Å². The molecule has 1 rings (SSSR count). The maximum Gasteiger partial charge on any atom is 0.431 e. The lowest BCUT2D eigenvalue weighted by Gasteiger charge is -2.30. The van der Waals surface area contributed by atoms with Crippen molar-refractivity contribution in [3.8, 4) is 0 Å². The zero-order valence-corrected chi connectivity index (χ0v) is 20.2. The number of ether oxygens (including phenoxy) is 3. The van der Waals surface area contributed by atoms with E-state index in [0.29, 0.717) is 32.1 Å². The highest BCUT2D eigenvalue weighted by Crippen LogP contribution is 2.28. The summed E-state index contributed by atoms with van der Waals surface area (Å²) in [4.78, 5) is 44.2. The quantitative estimate of drug-likeness (QED) is 0.303. The molecule has 0 heterocycles. The molecule has 0 aromatic heterocycles. The Morgan fingerprint density at radius 2 is 1.66 bits per heavy atom. The largest absolute Gasteiger partial charge is 0.451 e. The third kappa shape index (κ3) is 10.1. The lowest BCUT2D eigenvalue weighted by Crippen LogP contribution is -2.52. The number of hydroxylamine groups is 1. The Kier molecular flexibility index (Phi) is 13.9. The van der Waals surface area contributed by atoms with Crippen molar-refractivity contribution in [2.45, 2.75) is 84.7 Å². The first-order valence-electron chi connectivity index (χ1n) is 11.7. The molecule has 1 saturated carbocycles. The van der Waals surface area contributed by atoms with Crippen LogP contribution in [-0.2, 0) is 28.6 Å². The molecule has 0 aromatic carbocycles. The molecule has 32 heavy (non-hydrogen) atoms. The van der Waals surface area contributed by atoms with E-state index in [-0.39, 0.29) is 12.5 Å². The summed E-state index contributed by atoms with van der Waals surface area (Å²) in [7, 11) is 1.22. The summed E-state index contributed by atoms with van der Waals surface area (Å²) < 4.78 is 15.6. The molecule has 0 unspecified atom stereocenters. The van der Waals surface area contributed by atoms with E-state index in [4.69, 9.17) is 14.3 Å². The van der Waals surface area contributed by atoms with Gasteiger partial charge >= 0.3 is 6.09 Å². The van der Waals surface area contributed by atoms with Crippen molar-refractivity contribution in [3.05, 3.63) is 0 Å². The van der Waals surface area contributed by atoms with E-state index in [0.717, 1.165) is 25.7 Å². The number of rotatable bonds is 14. The van der Waals surface area contributed by atoms with E-state index in [1.165, 1.54) is 13.5 Å². The van der Waals surface area contributed by atoms with Gasteiger partial charge in [0.1, 0.15) is 6.04 Å². The molecule has 3 amide bonds. The Balaban J connectivity index is 2.74. The molecule has 1 aliphatic carbocycles. The summed E-state index contributed by atoms with van der Waals surface area (Å²) in [6.07, 6.45) is 3.69. The van der Waals surface area contributed by atoms with Crippen molar-refractivity contribution < 1.29 is 33.4 Å². The van der Waals surface area contributed by atoms with Crippen molar-refractivity contribution in [2.24, 2.45) is 5.92 Å². The van der Waals surface area contributed by atoms with E-state index in [2.05, 4.69) is 15.5 Å². The summed E-state index contributed by atoms with van der Waals surface area (Å²) in [5, 5.41) is 2.73. The van der Waals surface area contributed by atoms with Crippen LogP contribution in [0.5, 0.6) is 0 Å². The minimum absolute atomic E-state index is 0.248. The topological polar surface area (TPSA) is 115 Å². The lowest BCUT2D eigenvalue weighted by molar-refractivity contribution is -0.160. The van der Waals surface area contributed by atoms with Crippen molar-refractivity contribution in [1.29, 1.82) is 0 Å². The Labute approximate surface area is 191 Å². The van der Waals surface area contributed by atoms with Crippen LogP contribution in [0.4, 0.5) is 4.79 Å². The van der Waals surface area contributed by atoms with Crippen molar-refractivity contribution in [3.63, 3.8) is 0 Å². The molecule has 0 aromatic rings. The number of nitrogens with one attached hydrogen (secondary N) is 2. The van der Waals surface area contributed by atoms with Gasteiger partial charge in [0.15, 0.2) is 12.4 Å². The van der Waals surface area contributed by atoms with E-state index >= 15 is 0 Å². The van der Waals surface area contributed by atoms with Crippen LogP contribution in [0, 0.1) is 5.92 Å². The average Bonchev–Trinajstić information content (AvgIpc) is 2.80. The Hall–Kier alpha value is -1.91. The van der Waals surface area contributed by atoms with Gasteiger partial charge in [-0.1, -0.05) is 32.1 Å². The molecule has 10 nitrogen and oxygen atoms in total. The molecule has 0 spiro atoms. The molecule has 2 atom stereocenters. The number of likely N-dealkylation sites (N-methyl/N-ethyl adjacent to an activating group) is 1. The normalized spacial score (nSPS) is 16.3. The van der Waals surface area contributed by atoms with Gasteiger partial charge in [-0.15, -0.1) is 0 Å². The summed E-state index contributed by atoms with van der Waals surface area (Å²) in [5.41, 5.74) is 2.14. The van der Waals surface area contributed by atoms with Crippen LogP contribution in [0.25, 0.3) is 0 Å². The van der Waals surface area contributed by atoms with Gasteiger partial charge in [0.2, 0.25) is 5.91 Å². The molecular weight excluding hydrogens is 418 g/mol. The number of hydrogen-bond acceptors (Lipinski definition) is 7. The first kappa shape index (κ1) is 28.1. The van der Waals surface area contributed by atoms with Gasteiger partial charge in [-0.3, -0.25) is 14.4 Å². The average molecular weight is 460 g/mol. The molecule has 0 saturated heterocycles. The second-order valence-electron chi connectivity index (χ2n) is 7.89. The number of amides is 3. The minimum Gasteiger partial charge on any atom is -0.451 e. The van der Waals surface area contributed by atoms with Gasteiger partial charge in [0.05, 0.1) is 13.7 Å². The zero-order chi connectivity index (χ0) is 23.9. The fourth-order valence-corrected chi connectivity index (χ4v) is 3.82. The predicted octanol–water partition coefficient (Wildman–Crippen LogP) is 2.37. The van der Waals surface area contributed by atoms with Crippen LogP contribution in [0.1, 0.15) is 66.2 Å². The summed E-state index contributed by atoms with van der Waals surface area (Å²) in [5.74, 6) is -0.368. The highest BCUT2D eigenvalue weighted by atomic mass is 16.7. The molecule has 0 radical (unpaired) electrons. The maximum atomic E-state index is 12.9. The van der Waals surface area contributed by atoms with Crippen LogP contribution in [0.15, 0.2) is 0 Å². The monoisotopic (exact) mass is 459 g/mol. The first-order valence-corrected chi connectivity index (χ1v) is 11.7. The number of carbonyl (C=O) groups excluding carboxylic acids is 3. The van der Waals surface area contributed by atoms with Crippen LogP contribution in [0.2, 0.25) is 0 Å². The van der Waals surface area contributed by atoms with Gasteiger partial charge in [0.25, 0.3) is 5.91 Å². The Morgan fingerprint density at radius 1 is 1.03 bits per heavy atom. The fourth-order valence-electron chi connectivity index (χ4n) is 3.82. The van der Waals surface area contributed by atoms with Crippen molar-refractivity contribution in [2.75, 3.05) is 33.4 Å². The van der Waals surface area contributed by atoms with E-state index in [9.17, 15) is 14.4 Å². The molecule has 10 heteroatoms. The van der Waals surface area contributed by atoms with Gasteiger partial charge in [-0.25, -0.2) is 4.79 Å². The number of nitrogens with zero attached hydrogens (tertiary/aromatic N) is 1. The van der Waals surface area contributed by atoms with E-state index in [1.807, 2.05) is 20.8 Å². The van der Waals surface area contributed by atoms with Gasteiger partial charge < -0.3 is 24.4 Å². The van der Waals surface area contributed by atoms with E-state index < -0.39 is 30.4 Å². The molecule has 0 bridgehead atoms. The van der Waals surface area contributed by atoms with Crippen LogP contribution in [-0.4, -0.2) is 74.7 Å². The SMILES string of the molecule is CCOC(CN(CC)C(=O)[C@H](C)NC(=O)[C@@H](CC1CCCCC1)ONC(=O)OC)OCC. The fraction of sp³-hybridized carbons (Fsp3) is 0.864. The summed E-state index contributed by atoms with van der Waals surface area (Å²) in [6.45, 7) is 8.86. The van der Waals surface area contributed by atoms with Crippen LogP contribution >= 0.6 is 0 Å². The van der Waals surface area contributed by atoms with Crippen molar-refractivity contribution >= 4 is 17.9 Å². The molecule has 0 aliphatic heterocycles. The van der Waals surface area contributed by atoms with Gasteiger partial charge in [0, 0.05) is 19.8 Å². The summed E-state index contributed by atoms with van der Waals surface area (Å²) in [6, 6.07) is -0.776. The van der Waals surface area contributed by atoms with Gasteiger partial charge in [-0.05, 0) is 40.0 Å². The predicted molar refractivity (Wildman–Crippen MR) is 119 cm³/mol. The molecule has 2 N–H and O–H groups in total. The van der Waals surface area contributed by atoms with Crippen LogP contribution < -0.4 is 10.8 Å².